The molecule has 1 aliphatic rings. The maximum atomic E-state index is 11.3. The molecule has 5 heteroatoms. The third kappa shape index (κ3) is 1.54. The molecule has 0 spiro atoms. The molecule has 0 fully saturated rings. The summed E-state index contributed by atoms with van der Waals surface area (Å²) < 4.78 is 10.4. The van der Waals surface area contributed by atoms with Crippen molar-refractivity contribution in [1.82, 2.24) is 0 Å². The minimum atomic E-state index is -0.609. The number of carbonyl (C=O) groups is 1. The highest BCUT2D eigenvalue weighted by Gasteiger charge is 2.19. The second-order valence-corrected chi connectivity index (χ2v) is 3.47. The molecule has 1 aliphatic heterocycles. The fraction of sp³-hybridized carbons (Fsp3) is 0.273. The summed E-state index contributed by atoms with van der Waals surface area (Å²) in [5.41, 5.74) is 1.51. The first kappa shape index (κ1) is 10.3. The van der Waals surface area contributed by atoms with E-state index in [0.29, 0.717) is 17.2 Å². The maximum Gasteiger partial charge on any atom is 0.329 e. The number of fused-ring (bicyclic) bond motifs is 1. The average molecular weight is 218 g/mol. The van der Waals surface area contributed by atoms with Crippen LogP contribution in [0, 0.1) is 18.3 Å². The summed E-state index contributed by atoms with van der Waals surface area (Å²) in [5, 5.41) is 8.55. The second kappa shape index (κ2) is 3.74. The van der Waals surface area contributed by atoms with Gasteiger partial charge < -0.3 is 14.4 Å². The van der Waals surface area contributed by atoms with Crippen LogP contribution in [0.4, 0.5) is 5.69 Å². The molecule has 16 heavy (non-hydrogen) atoms. The monoisotopic (exact) mass is 218 g/mol. The lowest BCUT2D eigenvalue weighted by molar-refractivity contribution is -0.113. The standard InChI is InChI=1S/C11H10N2O3/c1-7-3-9-10(16-6-15-9)4-8(7)13(2)11(14)5-12/h3-4H,6H2,1-2H3. The van der Waals surface area contributed by atoms with Crippen LogP contribution in [0.15, 0.2) is 12.1 Å². The van der Waals surface area contributed by atoms with E-state index in [1.54, 1.807) is 25.2 Å². The minimum Gasteiger partial charge on any atom is -0.454 e. The quantitative estimate of drug-likeness (QED) is 0.664. The lowest BCUT2D eigenvalue weighted by Gasteiger charge is -2.16. The molecule has 0 N–H and O–H groups in total. The number of anilines is 1. The Morgan fingerprint density at radius 2 is 2.06 bits per heavy atom. The number of aryl methyl sites for hydroxylation is 1. The molecule has 1 aromatic rings. The number of rotatable bonds is 1. The van der Waals surface area contributed by atoms with Crippen LogP contribution in [0.3, 0.4) is 0 Å². The Morgan fingerprint density at radius 1 is 1.44 bits per heavy atom. The number of benzene rings is 1. The van der Waals surface area contributed by atoms with Gasteiger partial charge in [-0.05, 0) is 18.6 Å². The summed E-state index contributed by atoms with van der Waals surface area (Å²) in [5.74, 6) is 0.652. The lowest BCUT2D eigenvalue weighted by Crippen LogP contribution is -2.24. The highest BCUT2D eigenvalue weighted by Crippen LogP contribution is 2.37. The van der Waals surface area contributed by atoms with Crippen LogP contribution in [0.1, 0.15) is 5.56 Å². The molecule has 1 aromatic carbocycles. The molecular formula is C11H10N2O3. The first-order chi connectivity index (χ1) is 7.63. The van der Waals surface area contributed by atoms with Gasteiger partial charge in [0.25, 0.3) is 0 Å². The van der Waals surface area contributed by atoms with Crippen molar-refractivity contribution in [3.8, 4) is 17.6 Å². The third-order valence-corrected chi connectivity index (χ3v) is 2.45. The fourth-order valence-electron chi connectivity index (χ4n) is 1.58. The zero-order chi connectivity index (χ0) is 11.7. The van der Waals surface area contributed by atoms with Gasteiger partial charge in [0.1, 0.15) is 0 Å². The molecule has 0 bridgehead atoms. The highest BCUT2D eigenvalue weighted by atomic mass is 16.7. The Hall–Kier alpha value is -2.22. The van der Waals surface area contributed by atoms with E-state index in [1.165, 1.54) is 4.90 Å². The van der Waals surface area contributed by atoms with Crippen molar-refractivity contribution in [1.29, 1.82) is 5.26 Å². The van der Waals surface area contributed by atoms with Gasteiger partial charge in [-0.1, -0.05) is 0 Å². The number of nitrogens with zero attached hydrogens (tertiary/aromatic N) is 2. The Bertz CT molecular complexity index is 491. The number of amides is 1. The van der Waals surface area contributed by atoms with Gasteiger partial charge in [0.05, 0.1) is 5.69 Å². The van der Waals surface area contributed by atoms with Crippen LogP contribution in [-0.4, -0.2) is 19.7 Å². The fourth-order valence-corrected chi connectivity index (χ4v) is 1.58. The highest BCUT2D eigenvalue weighted by molar-refractivity contribution is 6.04. The van der Waals surface area contributed by atoms with Gasteiger partial charge in [-0.25, -0.2) is 0 Å². The van der Waals surface area contributed by atoms with Gasteiger partial charge >= 0.3 is 5.91 Å². The minimum absolute atomic E-state index is 0.189. The summed E-state index contributed by atoms with van der Waals surface area (Å²) in [7, 11) is 1.55. The van der Waals surface area contributed by atoms with Crippen LogP contribution in [-0.2, 0) is 4.79 Å². The van der Waals surface area contributed by atoms with Gasteiger partial charge in [-0.3, -0.25) is 4.79 Å². The van der Waals surface area contributed by atoms with Crippen molar-refractivity contribution in [3.05, 3.63) is 17.7 Å². The third-order valence-electron chi connectivity index (χ3n) is 2.45. The summed E-state index contributed by atoms with van der Waals surface area (Å²) in [6, 6.07) is 5.06. The zero-order valence-electron chi connectivity index (χ0n) is 8.98. The van der Waals surface area contributed by atoms with Crippen molar-refractivity contribution in [2.24, 2.45) is 0 Å². The Balaban J connectivity index is 2.43. The first-order valence-electron chi connectivity index (χ1n) is 4.71. The molecule has 0 saturated carbocycles. The van der Waals surface area contributed by atoms with E-state index in [2.05, 4.69) is 0 Å². The van der Waals surface area contributed by atoms with Gasteiger partial charge in [-0.15, -0.1) is 0 Å². The molecule has 82 valence electrons. The molecule has 0 aliphatic carbocycles. The van der Waals surface area contributed by atoms with Crippen LogP contribution in [0.2, 0.25) is 0 Å². The Labute approximate surface area is 92.8 Å². The molecule has 0 aromatic heterocycles. The Morgan fingerprint density at radius 3 is 2.69 bits per heavy atom. The first-order valence-corrected chi connectivity index (χ1v) is 4.71. The predicted octanol–water partition coefficient (Wildman–Crippen LogP) is 1.21. The summed E-state index contributed by atoms with van der Waals surface area (Å²) >= 11 is 0. The van der Waals surface area contributed by atoms with E-state index in [4.69, 9.17) is 14.7 Å². The summed E-state index contributed by atoms with van der Waals surface area (Å²) in [4.78, 5) is 12.5. The van der Waals surface area contributed by atoms with E-state index >= 15 is 0 Å². The lowest BCUT2D eigenvalue weighted by atomic mass is 10.1. The summed E-state index contributed by atoms with van der Waals surface area (Å²) in [6.07, 6.45) is 0. The predicted molar refractivity (Wildman–Crippen MR) is 56.3 cm³/mol. The topological polar surface area (TPSA) is 62.6 Å². The molecule has 1 amide bonds. The summed E-state index contributed by atoms with van der Waals surface area (Å²) in [6.45, 7) is 2.03. The number of carbonyl (C=O) groups excluding carboxylic acids is 1. The van der Waals surface area contributed by atoms with E-state index in [1.807, 2.05) is 6.92 Å². The van der Waals surface area contributed by atoms with Crippen LogP contribution in [0.5, 0.6) is 11.5 Å². The van der Waals surface area contributed by atoms with Crippen molar-refractivity contribution < 1.29 is 14.3 Å². The van der Waals surface area contributed by atoms with Gasteiger partial charge in [0.15, 0.2) is 17.6 Å². The number of nitriles is 1. The molecule has 0 atom stereocenters. The van der Waals surface area contributed by atoms with Gasteiger partial charge in [0, 0.05) is 13.1 Å². The molecule has 1 heterocycles. The number of hydrogen-bond donors (Lipinski definition) is 0. The number of ether oxygens (including phenoxy) is 2. The van der Waals surface area contributed by atoms with E-state index in [0.717, 1.165) is 5.56 Å². The molecule has 2 rings (SSSR count). The van der Waals surface area contributed by atoms with Crippen LogP contribution >= 0.6 is 0 Å². The zero-order valence-corrected chi connectivity index (χ0v) is 8.98. The van der Waals surface area contributed by atoms with Crippen molar-refractivity contribution in [2.45, 2.75) is 6.92 Å². The molecule has 0 saturated heterocycles. The normalized spacial score (nSPS) is 12.1. The van der Waals surface area contributed by atoms with E-state index in [9.17, 15) is 4.79 Å². The second-order valence-electron chi connectivity index (χ2n) is 3.47. The SMILES string of the molecule is Cc1cc2c(cc1N(C)C(=O)C#N)OCO2. The van der Waals surface area contributed by atoms with Crippen molar-refractivity contribution in [2.75, 3.05) is 18.7 Å². The Kier molecular flexibility index (Phi) is 2.41. The van der Waals surface area contributed by atoms with E-state index in [-0.39, 0.29) is 6.79 Å². The van der Waals surface area contributed by atoms with Gasteiger partial charge in [-0.2, -0.15) is 5.26 Å². The number of hydrogen-bond acceptors (Lipinski definition) is 4. The maximum absolute atomic E-state index is 11.3. The van der Waals surface area contributed by atoms with Gasteiger partial charge in [0.2, 0.25) is 6.79 Å². The van der Waals surface area contributed by atoms with Crippen molar-refractivity contribution in [3.63, 3.8) is 0 Å². The largest absolute Gasteiger partial charge is 0.454 e. The molecule has 0 unspecified atom stereocenters. The van der Waals surface area contributed by atoms with E-state index < -0.39 is 5.91 Å². The smallest absolute Gasteiger partial charge is 0.329 e. The average Bonchev–Trinajstić information content (AvgIpc) is 2.72. The molecule has 5 nitrogen and oxygen atoms in total. The van der Waals surface area contributed by atoms with Crippen LogP contribution < -0.4 is 14.4 Å². The molecular weight excluding hydrogens is 208 g/mol. The molecule has 0 radical (unpaired) electrons. The van der Waals surface area contributed by atoms with Crippen LogP contribution in [0.25, 0.3) is 0 Å². The van der Waals surface area contributed by atoms with Crippen molar-refractivity contribution >= 4 is 11.6 Å².